The summed E-state index contributed by atoms with van der Waals surface area (Å²) in [6, 6.07) is 6.59. The van der Waals surface area contributed by atoms with Crippen LogP contribution in [-0.2, 0) is 6.42 Å². The van der Waals surface area contributed by atoms with Crippen LogP contribution in [0.1, 0.15) is 45.0 Å². The van der Waals surface area contributed by atoms with Crippen molar-refractivity contribution in [2.75, 3.05) is 5.88 Å². The van der Waals surface area contributed by atoms with Gasteiger partial charge in [0.15, 0.2) is 0 Å². The maximum Gasteiger partial charge on any atom is 0.111 e. The van der Waals surface area contributed by atoms with E-state index in [0.29, 0.717) is 11.9 Å². The zero-order valence-corrected chi connectivity index (χ0v) is 14.2. The van der Waals surface area contributed by atoms with Crippen LogP contribution in [0, 0.1) is 11.8 Å². The Morgan fingerprint density at radius 3 is 2.76 bits per heavy atom. The van der Waals surface area contributed by atoms with Gasteiger partial charge in [0.2, 0.25) is 0 Å². The van der Waals surface area contributed by atoms with Gasteiger partial charge in [-0.05, 0) is 43.2 Å². The van der Waals surface area contributed by atoms with Crippen molar-refractivity contribution in [3.05, 3.63) is 29.0 Å². The zero-order chi connectivity index (χ0) is 15.0. The van der Waals surface area contributed by atoms with Gasteiger partial charge in [-0.25, -0.2) is 4.98 Å². The predicted molar refractivity (Wildman–Crippen MR) is 90.4 cm³/mol. The molecule has 21 heavy (non-hydrogen) atoms. The molecule has 2 aromatic rings. The molecule has 1 aromatic carbocycles. The number of benzene rings is 1. The van der Waals surface area contributed by atoms with Crippen molar-refractivity contribution < 1.29 is 0 Å². The maximum absolute atomic E-state index is 6.32. The van der Waals surface area contributed by atoms with Crippen LogP contribution >= 0.6 is 23.2 Å². The molecule has 3 unspecified atom stereocenters. The quantitative estimate of drug-likeness (QED) is 0.684. The average molecular weight is 325 g/mol. The smallest absolute Gasteiger partial charge is 0.111 e. The minimum Gasteiger partial charge on any atom is -0.325 e. The normalized spacial score (nSPS) is 26.4. The van der Waals surface area contributed by atoms with Gasteiger partial charge in [0, 0.05) is 18.3 Å². The highest BCUT2D eigenvalue weighted by Crippen LogP contribution is 2.39. The molecule has 0 bridgehead atoms. The molecule has 3 rings (SSSR count). The van der Waals surface area contributed by atoms with Crippen LogP contribution in [0.5, 0.6) is 0 Å². The Bertz CT molecular complexity index is 635. The van der Waals surface area contributed by atoms with Gasteiger partial charge >= 0.3 is 0 Å². The second-order valence-corrected chi connectivity index (χ2v) is 7.15. The molecule has 1 saturated carbocycles. The van der Waals surface area contributed by atoms with Crippen LogP contribution in [0.3, 0.4) is 0 Å². The van der Waals surface area contributed by atoms with Crippen LogP contribution in [0.25, 0.3) is 11.0 Å². The summed E-state index contributed by atoms with van der Waals surface area (Å²) in [5.41, 5.74) is 2.08. The number of aryl methyl sites for hydroxylation is 1. The Morgan fingerprint density at radius 2 is 2.05 bits per heavy atom. The lowest BCUT2D eigenvalue weighted by molar-refractivity contribution is 0.211. The van der Waals surface area contributed by atoms with Crippen molar-refractivity contribution >= 4 is 34.2 Å². The van der Waals surface area contributed by atoms with Crippen LogP contribution in [-0.4, -0.2) is 15.4 Å². The van der Waals surface area contributed by atoms with E-state index in [1.807, 2.05) is 12.1 Å². The number of rotatable bonds is 3. The largest absolute Gasteiger partial charge is 0.325 e. The third kappa shape index (κ3) is 2.80. The minimum absolute atomic E-state index is 0.526. The number of nitrogens with zero attached hydrogens (tertiary/aromatic N) is 2. The Morgan fingerprint density at radius 1 is 1.24 bits per heavy atom. The molecule has 114 valence electrons. The summed E-state index contributed by atoms with van der Waals surface area (Å²) in [6.07, 6.45) is 4.52. The van der Waals surface area contributed by atoms with Gasteiger partial charge in [-0.15, -0.1) is 11.6 Å². The SMILES string of the molecule is CC1CCC(n2c(CCCl)nc3c(Cl)cccc32)CC1C. The number of para-hydroxylation sites is 1. The zero-order valence-electron chi connectivity index (χ0n) is 12.6. The number of aromatic nitrogens is 2. The van der Waals surface area contributed by atoms with E-state index in [0.717, 1.165) is 40.1 Å². The van der Waals surface area contributed by atoms with Crippen molar-refractivity contribution in [1.82, 2.24) is 9.55 Å². The molecule has 1 aromatic heterocycles. The fraction of sp³-hybridized carbons (Fsp3) is 0.588. The number of fused-ring (bicyclic) bond motifs is 1. The van der Waals surface area contributed by atoms with E-state index in [9.17, 15) is 0 Å². The summed E-state index contributed by atoms with van der Waals surface area (Å²) in [4.78, 5) is 4.77. The van der Waals surface area contributed by atoms with E-state index in [4.69, 9.17) is 28.2 Å². The lowest BCUT2D eigenvalue weighted by Crippen LogP contribution is -2.24. The Labute approximate surface area is 136 Å². The van der Waals surface area contributed by atoms with Gasteiger partial charge in [0.05, 0.1) is 10.5 Å². The molecule has 0 radical (unpaired) electrons. The molecule has 3 atom stereocenters. The van der Waals surface area contributed by atoms with Gasteiger partial charge in [0.25, 0.3) is 0 Å². The van der Waals surface area contributed by atoms with E-state index < -0.39 is 0 Å². The first-order valence-electron chi connectivity index (χ1n) is 7.83. The third-order valence-corrected chi connectivity index (χ3v) is 5.49. The monoisotopic (exact) mass is 324 g/mol. The number of hydrogen-bond acceptors (Lipinski definition) is 1. The minimum atomic E-state index is 0.526. The molecule has 0 N–H and O–H groups in total. The fourth-order valence-electron chi connectivity index (χ4n) is 3.55. The molecule has 2 nitrogen and oxygen atoms in total. The first-order valence-corrected chi connectivity index (χ1v) is 8.74. The highest BCUT2D eigenvalue weighted by Gasteiger charge is 2.28. The molecule has 0 amide bonds. The molecule has 1 heterocycles. The molecular formula is C17H22Cl2N2. The number of imidazole rings is 1. The summed E-state index contributed by atoms with van der Waals surface area (Å²) in [7, 11) is 0. The average Bonchev–Trinajstić information content (AvgIpc) is 2.82. The second-order valence-electron chi connectivity index (χ2n) is 6.37. The molecule has 1 aliphatic carbocycles. The van der Waals surface area contributed by atoms with Gasteiger partial charge < -0.3 is 4.57 Å². The van der Waals surface area contributed by atoms with Crippen molar-refractivity contribution in [1.29, 1.82) is 0 Å². The fourth-order valence-corrected chi connectivity index (χ4v) is 3.93. The molecular weight excluding hydrogens is 303 g/mol. The summed E-state index contributed by atoms with van der Waals surface area (Å²) in [6.45, 7) is 4.73. The standard InChI is InChI=1S/C17H22Cl2N2/c1-11-6-7-13(10-12(11)2)21-15-5-3-4-14(19)17(15)20-16(21)8-9-18/h3-5,11-13H,6-10H2,1-2H3. The highest BCUT2D eigenvalue weighted by atomic mass is 35.5. The van der Waals surface area contributed by atoms with Gasteiger partial charge in [-0.2, -0.15) is 0 Å². The number of hydrogen-bond donors (Lipinski definition) is 0. The molecule has 0 saturated heterocycles. The van der Waals surface area contributed by atoms with Crippen LogP contribution in [0.15, 0.2) is 18.2 Å². The predicted octanol–water partition coefficient (Wildman–Crippen LogP) is 5.47. The summed E-state index contributed by atoms with van der Waals surface area (Å²) < 4.78 is 2.41. The van der Waals surface area contributed by atoms with Crippen molar-refractivity contribution in [2.24, 2.45) is 11.8 Å². The first-order chi connectivity index (χ1) is 10.1. The lowest BCUT2D eigenvalue weighted by atomic mass is 9.79. The Hall–Kier alpha value is -0.730. The van der Waals surface area contributed by atoms with Gasteiger partial charge in [-0.3, -0.25) is 0 Å². The maximum atomic E-state index is 6.32. The number of halogens is 2. The second kappa shape index (κ2) is 6.18. The van der Waals surface area contributed by atoms with Crippen LogP contribution in [0.2, 0.25) is 5.02 Å². The number of alkyl halides is 1. The topological polar surface area (TPSA) is 17.8 Å². The molecule has 4 heteroatoms. The van der Waals surface area contributed by atoms with Crippen molar-refractivity contribution in [2.45, 2.75) is 45.6 Å². The summed E-state index contributed by atoms with van der Waals surface area (Å²) in [5, 5.41) is 0.735. The van der Waals surface area contributed by atoms with Crippen LogP contribution in [0.4, 0.5) is 0 Å². The molecule has 1 aliphatic rings. The third-order valence-electron chi connectivity index (χ3n) is 5.00. The summed E-state index contributed by atoms with van der Waals surface area (Å²) >= 11 is 12.3. The van der Waals surface area contributed by atoms with E-state index in [1.165, 1.54) is 19.3 Å². The van der Waals surface area contributed by atoms with Gasteiger partial charge in [0.1, 0.15) is 11.3 Å². The van der Waals surface area contributed by atoms with E-state index in [-0.39, 0.29) is 0 Å². The van der Waals surface area contributed by atoms with Crippen molar-refractivity contribution in [3.63, 3.8) is 0 Å². The Balaban J connectivity index is 2.07. The van der Waals surface area contributed by atoms with E-state index >= 15 is 0 Å². The summed E-state index contributed by atoms with van der Waals surface area (Å²) in [5.74, 6) is 3.25. The lowest BCUT2D eigenvalue weighted by Gasteiger charge is -2.34. The Kier molecular flexibility index (Phi) is 4.46. The van der Waals surface area contributed by atoms with Gasteiger partial charge in [-0.1, -0.05) is 31.5 Å². The molecule has 0 spiro atoms. The van der Waals surface area contributed by atoms with E-state index in [2.05, 4.69) is 24.5 Å². The highest BCUT2D eigenvalue weighted by molar-refractivity contribution is 6.34. The van der Waals surface area contributed by atoms with E-state index in [1.54, 1.807) is 0 Å². The first kappa shape index (κ1) is 15.2. The van der Waals surface area contributed by atoms with Crippen LogP contribution < -0.4 is 0 Å². The van der Waals surface area contributed by atoms with Crippen molar-refractivity contribution in [3.8, 4) is 0 Å². The molecule has 0 aliphatic heterocycles. The molecule has 1 fully saturated rings.